The summed E-state index contributed by atoms with van der Waals surface area (Å²) >= 11 is 0. The van der Waals surface area contributed by atoms with Crippen molar-refractivity contribution >= 4 is 0 Å². The quantitative estimate of drug-likeness (QED) is 0.723. The van der Waals surface area contributed by atoms with E-state index in [4.69, 9.17) is 0 Å². The highest BCUT2D eigenvalue weighted by Crippen LogP contribution is 2.29. The van der Waals surface area contributed by atoms with Gasteiger partial charge >= 0.3 is 6.18 Å². The van der Waals surface area contributed by atoms with E-state index < -0.39 is 11.7 Å². The van der Waals surface area contributed by atoms with Crippen molar-refractivity contribution in [1.29, 1.82) is 0 Å². The van der Waals surface area contributed by atoms with Gasteiger partial charge in [-0.05, 0) is 44.4 Å². The molecule has 0 radical (unpaired) electrons. The monoisotopic (exact) mass is 285 g/mol. The van der Waals surface area contributed by atoms with Crippen molar-refractivity contribution in [1.82, 2.24) is 5.32 Å². The summed E-state index contributed by atoms with van der Waals surface area (Å²) < 4.78 is 38.0. The molecule has 0 heterocycles. The molecule has 1 rings (SSSR count). The average Bonchev–Trinajstić information content (AvgIpc) is 2.35. The molecule has 0 saturated heterocycles. The summed E-state index contributed by atoms with van der Waals surface area (Å²) in [5.41, 5.74) is 1.23. The zero-order valence-electron chi connectivity index (χ0n) is 12.1. The van der Waals surface area contributed by atoms with Crippen LogP contribution in [0.5, 0.6) is 0 Å². The minimum Gasteiger partial charge on any atom is -0.314 e. The van der Waals surface area contributed by atoms with E-state index in [2.05, 4.69) is 11.9 Å². The Bertz CT molecular complexity index is 438. The molecule has 0 aliphatic carbocycles. The lowest BCUT2D eigenvalue weighted by Gasteiger charge is -2.18. The van der Waals surface area contributed by atoms with Gasteiger partial charge in [0.25, 0.3) is 0 Å². The van der Waals surface area contributed by atoms with Gasteiger partial charge in [-0.2, -0.15) is 13.2 Å². The largest absolute Gasteiger partial charge is 0.416 e. The second-order valence-corrected chi connectivity index (χ2v) is 5.15. The Morgan fingerprint density at radius 3 is 2.60 bits per heavy atom. The molecule has 1 atom stereocenters. The number of allylic oxidation sites excluding steroid dienone is 1. The first-order valence-corrected chi connectivity index (χ1v) is 6.86. The molecule has 4 heteroatoms. The average molecular weight is 285 g/mol. The van der Waals surface area contributed by atoms with Gasteiger partial charge in [-0.25, -0.2) is 0 Å². The van der Waals surface area contributed by atoms with Crippen LogP contribution in [0.25, 0.3) is 0 Å². The van der Waals surface area contributed by atoms with Crippen molar-refractivity contribution < 1.29 is 13.2 Å². The first kappa shape index (κ1) is 16.8. The zero-order chi connectivity index (χ0) is 15.2. The minimum atomic E-state index is -4.28. The SMILES string of the molecule is C=C(C)CCC(Cc1cccc(C(F)(F)F)c1)NCC. The van der Waals surface area contributed by atoms with E-state index in [0.717, 1.165) is 31.0 Å². The van der Waals surface area contributed by atoms with Crippen molar-refractivity contribution in [3.05, 3.63) is 47.5 Å². The lowest BCUT2D eigenvalue weighted by molar-refractivity contribution is -0.137. The highest BCUT2D eigenvalue weighted by Gasteiger charge is 2.30. The van der Waals surface area contributed by atoms with Crippen LogP contribution >= 0.6 is 0 Å². The van der Waals surface area contributed by atoms with Gasteiger partial charge in [-0.3, -0.25) is 0 Å². The molecule has 112 valence electrons. The lowest BCUT2D eigenvalue weighted by atomic mass is 9.98. The maximum atomic E-state index is 12.7. The molecule has 0 amide bonds. The fourth-order valence-electron chi connectivity index (χ4n) is 2.14. The van der Waals surface area contributed by atoms with Crippen LogP contribution in [0.15, 0.2) is 36.4 Å². The predicted molar refractivity (Wildman–Crippen MR) is 76.7 cm³/mol. The van der Waals surface area contributed by atoms with Crippen molar-refractivity contribution in [3.63, 3.8) is 0 Å². The molecule has 1 aromatic rings. The summed E-state index contributed by atoms with van der Waals surface area (Å²) in [7, 11) is 0. The molecule has 1 nitrogen and oxygen atoms in total. The van der Waals surface area contributed by atoms with Crippen molar-refractivity contribution in [3.8, 4) is 0 Å². The fourth-order valence-corrected chi connectivity index (χ4v) is 2.14. The first-order chi connectivity index (χ1) is 9.32. The molecule has 0 bridgehead atoms. The van der Waals surface area contributed by atoms with Gasteiger partial charge in [0.15, 0.2) is 0 Å². The Morgan fingerprint density at radius 2 is 2.05 bits per heavy atom. The second kappa shape index (κ2) is 7.48. The van der Waals surface area contributed by atoms with Crippen molar-refractivity contribution in [2.45, 2.75) is 45.3 Å². The molecule has 1 aromatic carbocycles. The van der Waals surface area contributed by atoms with Crippen molar-refractivity contribution in [2.75, 3.05) is 6.54 Å². The van der Waals surface area contributed by atoms with Crippen molar-refractivity contribution in [2.24, 2.45) is 0 Å². The Morgan fingerprint density at radius 1 is 1.35 bits per heavy atom. The summed E-state index contributed by atoms with van der Waals surface area (Å²) in [6.45, 7) is 8.63. The summed E-state index contributed by atoms with van der Waals surface area (Å²) in [6, 6.07) is 5.76. The smallest absolute Gasteiger partial charge is 0.314 e. The number of hydrogen-bond acceptors (Lipinski definition) is 1. The summed E-state index contributed by atoms with van der Waals surface area (Å²) in [5.74, 6) is 0. The normalized spacial score (nSPS) is 13.2. The van der Waals surface area contributed by atoms with E-state index in [1.54, 1.807) is 6.07 Å². The van der Waals surface area contributed by atoms with Crippen LogP contribution in [0.1, 0.15) is 37.8 Å². The van der Waals surface area contributed by atoms with Crippen LogP contribution in [-0.2, 0) is 12.6 Å². The third-order valence-corrected chi connectivity index (χ3v) is 3.15. The molecule has 0 aliphatic rings. The van der Waals surface area contributed by atoms with Crippen LogP contribution < -0.4 is 5.32 Å². The van der Waals surface area contributed by atoms with E-state index in [-0.39, 0.29) is 6.04 Å². The van der Waals surface area contributed by atoms with Crippen LogP contribution in [0, 0.1) is 0 Å². The number of benzene rings is 1. The van der Waals surface area contributed by atoms with Gasteiger partial charge in [-0.1, -0.05) is 30.7 Å². The van der Waals surface area contributed by atoms with Gasteiger partial charge in [0.1, 0.15) is 0 Å². The Labute approximate surface area is 118 Å². The van der Waals surface area contributed by atoms with E-state index in [9.17, 15) is 13.2 Å². The van der Waals surface area contributed by atoms with Gasteiger partial charge in [0.05, 0.1) is 5.56 Å². The van der Waals surface area contributed by atoms with E-state index in [0.29, 0.717) is 12.0 Å². The maximum Gasteiger partial charge on any atom is 0.416 e. The number of likely N-dealkylation sites (N-methyl/N-ethyl adjacent to an activating group) is 1. The third kappa shape index (κ3) is 5.78. The fraction of sp³-hybridized carbons (Fsp3) is 0.500. The second-order valence-electron chi connectivity index (χ2n) is 5.15. The molecule has 0 aliphatic heterocycles. The Kier molecular flexibility index (Phi) is 6.27. The number of halogens is 3. The van der Waals surface area contributed by atoms with Crippen LogP contribution in [-0.4, -0.2) is 12.6 Å². The van der Waals surface area contributed by atoms with E-state index >= 15 is 0 Å². The Balaban J connectivity index is 2.75. The molecular formula is C16H22F3N. The lowest BCUT2D eigenvalue weighted by Crippen LogP contribution is -2.31. The summed E-state index contributed by atoms with van der Waals surface area (Å²) in [4.78, 5) is 0. The van der Waals surface area contributed by atoms with Crippen LogP contribution in [0.2, 0.25) is 0 Å². The van der Waals surface area contributed by atoms with Gasteiger partial charge in [-0.15, -0.1) is 6.58 Å². The highest BCUT2D eigenvalue weighted by atomic mass is 19.4. The van der Waals surface area contributed by atoms with Gasteiger partial charge < -0.3 is 5.32 Å². The molecule has 0 spiro atoms. The molecule has 0 saturated carbocycles. The number of alkyl halides is 3. The molecule has 0 fully saturated rings. The number of hydrogen-bond donors (Lipinski definition) is 1. The predicted octanol–water partition coefficient (Wildman–Crippen LogP) is 4.58. The molecular weight excluding hydrogens is 263 g/mol. The topological polar surface area (TPSA) is 12.0 Å². The molecule has 1 N–H and O–H groups in total. The van der Waals surface area contributed by atoms with E-state index in [1.165, 1.54) is 12.1 Å². The molecule has 1 unspecified atom stereocenters. The van der Waals surface area contributed by atoms with Crippen LogP contribution in [0.4, 0.5) is 13.2 Å². The number of nitrogens with one attached hydrogen (secondary N) is 1. The first-order valence-electron chi connectivity index (χ1n) is 6.86. The highest BCUT2D eigenvalue weighted by molar-refractivity contribution is 5.26. The number of rotatable bonds is 7. The maximum absolute atomic E-state index is 12.7. The third-order valence-electron chi connectivity index (χ3n) is 3.15. The Hall–Kier alpha value is -1.29. The molecule has 0 aromatic heterocycles. The minimum absolute atomic E-state index is 0.181. The zero-order valence-corrected chi connectivity index (χ0v) is 12.1. The molecule has 20 heavy (non-hydrogen) atoms. The van der Waals surface area contributed by atoms with Gasteiger partial charge in [0, 0.05) is 6.04 Å². The van der Waals surface area contributed by atoms with E-state index in [1.807, 2.05) is 13.8 Å². The van der Waals surface area contributed by atoms with Crippen LogP contribution in [0.3, 0.4) is 0 Å². The standard InChI is InChI=1S/C16H22F3N/c1-4-20-15(9-8-12(2)3)11-13-6-5-7-14(10-13)16(17,18)19/h5-7,10,15,20H,2,4,8-9,11H2,1,3H3. The summed E-state index contributed by atoms with van der Waals surface area (Å²) in [5, 5.41) is 3.32. The van der Waals surface area contributed by atoms with Gasteiger partial charge in [0.2, 0.25) is 0 Å². The summed E-state index contributed by atoms with van der Waals surface area (Å²) in [6.07, 6.45) is -1.90.